The Labute approximate surface area is 141 Å². The van der Waals surface area contributed by atoms with Crippen molar-refractivity contribution < 1.29 is 19.3 Å². The normalized spacial score (nSPS) is 18.3. The van der Waals surface area contributed by atoms with Gasteiger partial charge in [-0.05, 0) is 34.4 Å². The molecule has 1 aromatic heterocycles. The van der Waals surface area contributed by atoms with Gasteiger partial charge in [-0.1, -0.05) is 33.2 Å². The van der Waals surface area contributed by atoms with Gasteiger partial charge in [-0.25, -0.2) is 4.63 Å². The number of ether oxygens (including phenoxy) is 2. The lowest BCUT2D eigenvalue weighted by Crippen LogP contribution is -2.18. The molecule has 23 heavy (non-hydrogen) atoms. The molecule has 0 radical (unpaired) electrons. The molecule has 1 fully saturated rings. The molecule has 3 rings (SSSR count). The second-order valence-corrected chi connectivity index (χ2v) is 6.18. The highest BCUT2D eigenvalue weighted by Crippen LogP contribution is 2.22. The van der Waals surface area contributed by atoms with Crippen LogP contribution in [0.2, 0.25) is 0 Å². The van der Waals surface area contributed by atoms with Crippen molar-refractivity contribution in [2.24, 2.45) is 5.16 Å². The lowest BCUT2D eigenvalue weighted by molar-refractivity contribution is 0.133. The Hall–Kier alpha value is -1.93. The van der Waals surface area contributed by atoms with Gasteiger partial charge in [0, 0.05) is 17.3 Å². The van der Waals surface area contributed by atoms with Crippen LogP contribution in [0, 0.1) is 6.92 Å². The molecule has 1 atom stereocenters. The first-order chi connectivity index (χ1) is 11.2. The summed E-state index contributed by atoms with van der Waals surface area (Å²) in [4.78, 5) is 0. The zero-order chi connectivity index (χ0) is 16.2. The van der Waals surface area contributed by atoms with Crippen LogP contribution in [0.1, 0.15) is 23.2 Å². The summed E-state index contributed by atoms with van der Waals surface area (Å²) < 4.78 is 16.7. The lowest BCUT2D eigenvalue weighted by Gasteiger charge is -2.09. The Balaban J connectivity index is 1.78. The molecule has 7 nitrogen and oxygen atoms in total. The van der Waals surface area contributed by atoms with Gasteiger partial charge in [0.25, 0.3) is 5.88 Å². The standard InChI is InChI=1S/C15H16BrN3O4/c1-9-2-3-10(6-12(9)16)7-13(17-20)14-15(19-23-18-14)22-11-4-5-21-8-11/h2-3,6,11,20H,4-5,7-8H2,1H3/b17-13+. The molecule has 1 unspecified atom stereocenters. The van der Waals surface area contributed by atoms with Gasteiger partial charge in [0.2, 0.25) is 0 Å². The summed E-state index contributed by atoms with van der Waals surface area (Å²) in [7, 11) is 0. The number of aromatic nitrogens is 2. The van der Waals surface area contributed by atoms with Crippen LogP contribution >= 0.6 is 15.9 Å². The number of hydrogen-bond acceptors (Lipinski definition) is 7. The Morgan fingerprint density at radius 1 is 1.48 bits per heavy atom. The zero-order valence-corrected chi connectivity index (χ0v) is 14.1. The van der Waals surface area contributed by atoms with Gasteiger partial charge in [-0.3, -0.25) is 0 Å². The number of oxime groups is 1. The molecule has 0 spiro atoms. The average molecular weight is 382 g/mol. The Kier molecular flexibility index (Phi) is 4.92. The maximum atomic E-state index is 9.35. The first kappa shape index (κ1) is 15.9. The largest absolute Gasteiger partial charge is 0.468 e. The number of rotatable bonds is 5. The number of hydrogen-bond donors (Lipinski definition) is 1. The van der Waals surface area contributed by atoms with E-state index in [0.29, 0.717) is 31.0 Å². The molecule has 1 aromatic carbocycles. The lowest BCUT2D eigenvalue weighted by atomic mass is 10.1. The van der Waals surface area contributed by atoms with Gasteiger partial charge in [0.05, 0.1) is 13.2 Å². The molecule has 0 amide bonds. The molecular weight excluding hydrogens is 366 g/mol. The van der Waals surface area contributed by atoms with E-state index in [1.165, 1.54) is 0 Å². The molecule has 8 heteroatoms. The third-order valence-electron chi connectivity index (χ3n) is 3.63. The van der Waals surface area contributed by atoms with Crippen molar-refractivity contribution in [3.05, 3.63) is 39.5 Å². The van der Waals surface area contributed by atoms with E-state index in [2.05, 4.69) is 31.4 Å². The highest BCUT2D eigenvalue weighted by molar-refractivity contribution is 9.10. The van der Waals surface area contributed by atoms with E-state index in [9.17, 15) is 5.21 Å². The first-order valence-electron chi connectivity index (χ1n) is 7.20. The molecule has 1 N–H and O–H groups in total. The van der Waals surface area contributed by atoms with Crippen LogP contribution in [0.4, 0.5) is 0 Å². The Morgan fingerprint density at radius 2 is 2.35 bits per heavy atom. The highest BCUT2D eigenvalue weighted by atomic mass is 79.9. The fourth-order valence-corrected chi connectivity index (χ4v) is 2.73. The maximum Gasteiger partial charge on any atom is 0.285 e. The van der Waals surface area contributed by atoms with Crippen LogP contribution in [0.3, 0.4) is 0 Å². The number of aryl methyl sites for hydroxylation is 1. The van der Waals surface area contributed by atoms with Crippen molar-refractivity contribution in [2.45, 2.75) is 25.9 Å². The Morgan fingerprint density at radius 3 is 3.04 bits per heavy atom. The Bertz CT molecular complexity index is 710. The SMILES string of the molecule is Cc1ccc(C/C(=N\O)c2nonc2OC2CCOC2)cc1Br. The molecule has 0 saturated carbocycles. The topological polar surface area (TPSA) is 90.0 Å². The van der Waals surface area contributed by atoms with Crippen LogP contribution in [-0.2, 0) is 11.2 Å². The van der Waals surface area contributed by atoms with Crippen LogP contribution < -0.4 is 4.74 Å². The van der Waals surface area contributed by atoms with Crippen molar-refractivity contribution in [3.8, 4) is 5.88 Å². The van der Waals surface area contributed by atoms with Crippen LogP contribution in [0.5, 0.6) is 5.88 Å². The average Bonchev–Trinajstić information content (AvgIpc) is 3.21. The summed E-state index contributed by atoms with van der Waals surface area (Å²) in [5, 5.41) is 20.3. The fourth-order valence-electron chi connectivity index (χ4n) is 2.30. The third kappa shape index (κ3) is 3.70. The molecule has 0 bridgehead atoms. The molecule has 1 saturated heterocycles. The molecule has 122 valence electrons. The van der Waals surface area contributed by atoms with Crippen molar-refractivity contribution >= 4 is 21.6 Å². The van der Waals surface area contributed by atoms with Gasteiger partial charge in [0.15, 0.2) is 5.69 Å². The van der Waals surface area contributed by atoms with E-state index in [-0.39, 0.29) is 12.0 Å². The molecular formula is C15H16BrN3O4. The summed E-state index contributed by atoms with van der Waals surface area (Å²) >= 11 is 3.49. The van der Waals surface area contributed by atoms with E-state index in [1.54, 1.807) is 0 Å². The van der Waals surface area contributed by atoms with Gasteiger partial charge >= 0.3 is 0 Å². The van der Waals surface area contributed by atoms with E-state index < -0.39 is 0 Å². The van der Waals surface area contributed by atoms with E-state index in [1.807, 2.05) is 25.1 Å². The minimum Gasteiger partial charge on any atom is -0.468 e. The fraction of sp³-hybridized carbons (Fsp3) is 0.400. The van der Waals surface area contributed by atoms with E-state index in [4.69, 9.17) is 14.1 Å². The molecule has 2 heterocycles. The predicted molar refractivity (Wildman–Crippen MR) is 85.1 cm³/mol. The minimum atomic E-state index is -0.0888. The van der Waals surface area contributed by atoms with Crippen molar-refractivity contribution in [1.29, 1.82) is 0 Å². The monoisotopic (exact) mass is 381 g/mol. The predicted octanol–water partition coefficient (Wildman–Crippen LogP) is 2.73. The third-order valence-corrected chi connectivity index (χ3v) is 4.48. The quantitative estimate of drug-likeness (QED) is 0.486. The summed E-state index contributed by atoms with van der Waals surface area (Å²) in [5.41, 5.74) is 2.73. The van der Waals surface area contributed by atoms with E-state index >= 15 is 0 Å². The zero-order valence-electron chi connectivity index (χ0n) is 12.5. The van der Waals surface area contributed by atoms with Crippen LogP contribution in [0.15, 0.2) is 32.5 Å². The smallest absolute Gasteiger partial charge is 0.285 e. The van der Waals surface area contributed by atoms with E-state index in [0.717, 1.165) is 22.0 Å². The minimum absolute atomic E-state index is 0.0888. The van der Waals surface area contributed by atoms with Crippen LogP contribution in [0.25, 0.3) is 0 Å². The van der Waals surface area contributed by atoms with Gasteiger partial charge in [-0.15, -0.1) is 0 Å². The summed E-state index contributed by atoms with van der Waals surface area (Å²) in [6.45, 7) is 3.17. The molecule has 2 aromatic rings. The van der Waals surface area contributed by atoms with Crippen LogP contribution in [-0.4, -0.2) is 40.5 Å². The maximum absolute atomic E-state index is 9.35. The second kappa shape index (κ2) is 7.10. The van der Waals surface area contributed by atoms with Crippen molar-refractivity contribution in [2.75, 3.05) is 13.2 Å². The van der Waals surface area contributed by atoms with Gasteiger partial charge in [0.1, 0.15) is 11.8 Å². The summed E-state index contributed by atoms with van der Waals surface area (Å²) in [5.74, 6) is 0.222. The van der Waals surface area contributed by atoms with Crippen molar-refractivity contribution in [3.63, 3.8) is 0 Å². The number of nitrogens with zero attached hydrogens (tertiary/aromatic N) is 3. The number of benzene rings is 1. The first-order valence-corrected chi connectivity index (χ1v) is 8.00. The molecule has 1 aliphatic heterocycles. The van der Waals surface area contributed by atoms with Gasteiger partial charge < -0.3 is 14.7 Å². The van der Waals surface area contributed by atoms with Crippen molar-refractivity contribution in [1.82, 2.24) is 10.3 Å². The summed E-state index contributed by atoms with van der Waals surface area (Å²) in [6, 6.07) is 5.92. The summed E-state index contributed by atoms with van der Waals surface area (Å²) in [6.07, 6.45) is 1.07. The van der Waals surface area contributed by atoms with Gasteiger partial charge in [-0.2, -0.15) is 0 Å². The number of halogens is 1. The highest BCUT2D eigenvalue weighted by Gasteiger charge is 2.24. The second-order valence-electron chi connectivity index (χ2n) is 5.33. The molecule has 1 aliphatic rings. The molecule has 0 aliphatic carbocycles.